The fourth-order valence-electron chi connectivity index (χ4n) is 3.30. The van der Waals surface area contributed by atoms with Crippen LogP contribution in [0.15, 0.2) is 60.9 Å². The van der Waals surface area contributed by atoms with E-state index in [2.05, 4.69) is 10.3 Å². The van der Waals surface area contributed by atoms with Gasteiger partial charge in [-0.05, 0) is 36.8 Å². The molecule has 28 heavy (non-hydrogen) atoms. The third-order valence-electron chi connectivity index (χ3n) is 4.65. The summed E-state index contributed by atoms with van der Waals surface area (Å²) in [7, 11) is 0. The van der Waals surface area contributed by atoms with Crippen LogP contribution in [0, 0.1) is 12.7 Å². The standard InChI is InChI=1S/C21H14ClFN4S/c1-12-5-4-6-14(22)18(12)25-20-19(13-9-10-24-11-15(13)23)26-21-27(20)16-7-2-3-8-17(16)28-21/h2-11,25H,1H3. The fraction of sp³-hybridized carbons (Fsp3) is 0.0476. The Morgan fingerprint density at radius 3 is 2.79 bits per heavy atom. The molecule has 0 aliphatic rings. The number of fused-ring (bicyclic) bond motifs is 3. The molecule has 0 unspecified atom stereocenters. The third kappa shape index (κ3) is 2.65. The summed E-state index contributed by atoms with van der Waals surface area (Å²) in [5.41, 5.74) is 3.68. The first-order valence-corrected chi connectivity index (χ1v) is 9.85. The van der Waals surface area contributed by atoms with E-state index in [0.29, 0.717) is 22.1 Å². The summed E-state index contributed by atoms with van der Waals surface area (Å²) < 4.78 is 17.7. The lowest BCUT2D eigenvalue weighted by Gasteiger charge is -2.13. The Morgan fingerprint density at radius 1 is 1.11 bits per heavy atom. The Hall–Kier alpha value is -2.96. The topological polar surface area (TPSA) is 42.2 Å². The maximum Gasteiger partial charge on any atom is 0.197 e. The third-order valence-corrected chi connectivity index (χ3v) is 5.98. The van der Waals surface area contributed by atoms with Crippen LogP contribution in [0.1, 0.15) is 5.56 Å². The number of nitrogens with zero attached hydrogens (tertiary/aromatic N) is 3. The van der Waals surface area contributed by atoms with Gasteiger partial charge in [-0.1, -0.05) is 47.2 Å². The van der Waals surface area contributed by atoms with E-state index in [1.54, 1.807) is 23.6 Å². The van der Waals surface area contributed by atoms with Crippen LogP contribution in [-0.4, -0.2) is 14.4 Å². The van der Waals surface area contributed by atoms with Crippen LogP contribution < -0.4 is 5.32 Å². The molecule has 5 rings (SSSR count). The summed E-state index contributed by atoms with van der Waals surface area (Å²) in [5.74, 6) is 0.255. The first-order valence-electron chi connectivity index (χ1n) is 8.65. The number of para-hydroxylation sites is 2. The van der Waals surface area contributed by atoms with E-state index >= 15 is 0 Å². The van der Waals surface area contributed by atoms with Crippen LogP contribution in [0.2, 0.25) is 5.02 Å². The van der Waals surface area contributed by atoms with Crippen molar-refractivity contribution >= 4 is 49.6 Å². The molecule has 3 aromatic heterocycles. The van der Waals surface area contributed by atoms with Gasteiger partial charge in [0.1, 0.15) is 11.5 Å². The summed E-state index contributed by atoms with van der Waals surface area (Å²) in [4.78, 5) is 9.38. The lowest BCUT2D eigenvalue weighted by molar-refractivity contribution is 0.624. The summed E-state index contributed by atoms with van der Waals surface area (Å²) in [5, 5.41) is 4.02. The summed E-state index contributed by atoms with van der Waals surface area (Å²) in [6, 6.07) is 15.4. The molecule has 0 atom stereocenters. The van der Waals surface area contributed by atoms with Gasteiger partial charge in [0.25, 0.3) is 0 Å². The summed E-state index contributed by atoms with van der Waals surface area (Å²) in [6.07, 6.45) is 2.76. The molecule has 3 heterocycles. The second-order valence-electron chi connectivity index (χ2n) is 6.41. The van der Waals surface area contributed by atoms with Crippen molar-refractivity contribution in [3.63, 3.8) is 0 Å². The van der Waals surface area contributed by atoms with Crippen LogP contribution in [-0.2, 0) is 0 Å². The number of nitrogens with one attached hydrogen (secondary N) is 1. The number of hydrogen-bond donors (Lipinski definition) is 1. The highest BCUT2D eigenvalue weighted by atomic mass is 35.5. The van der Waals surface area contributed by atoms with Crippen molar-refractivity contribution < 1.29 is 4.39 Å². The number of aromatic nitrogens is 3. The monoisotopic (exact) mass is 408 g/mol. The summed E-state index contributed by atoms with van der Waals surface area (Å²) >= 11 is 8.00. The Bertz CT molecular complexity index is 1320. The summed E-state index contributed by atoms with van der Waals surface area (Å²) in [6.45, 7) is 1.98. The van der Waals surface area contributed by atoms with Gasteiger partial charge in [0, 0.05) is 11.8 Å². The predicted molar refractivity (Wildman–Crippen MR) is 113 cm³/mol. The van der Waals surface area contributed by atoms with E-state index < -0.39 is 5.82 Å². The number of pyridine rings is 1. The Labute approximate surface area is 169 Å². The molecule has 5 aromatic rings. The maximum absolute atomic E-state index is 14.5. The number of halogens is 2. The van der Waals surface area contributed by atoms with Gasteiger partial charge in [-0.3, -0.25) is 9.38 Å². The first-order chi connectivity index (χ1) is 13.6. The molecule has 0 fully saturated rings. The van der Waals surface area contributed by atoms with Gasteiger partial charge < -0.3 is 5.32 Å². The lowest BCUT2D eigenvalue weighted by atomic mass is 10.1. The minimum Gasteiger partial charge on any atom is -0.338 e. The average Bonchev–Trinajstić information content (AvgIpc) is 3.21. The van der Waals surface area contributed by atoms with Crippen LogP contribution in [0.5, 0.6) is 0 Å². The molecule has 0 radical (unpaired) electrons. The van der Waals surface area contributed by atoms with Crippen molar-refractivity contribution in [3.05, 3.63) is 77.3 Å². The van der Waals surface area contributed by atoms with Crippen molar-refractivity contribution in [1.29, 1.82) is 0 Å². The van der Waals surface area contributed by atoms with E-state index in [1.807, 2.05) is 53.8 Å². The zero-order valence-corrected chi connectivity index (χ0v) is 16.4. The molecule has 0 saturated heterocycles. The molecule has 2 aromatic carbocycles. The van der Waals surface area contributed by atoms with E-state index in [9.17, 15) is 4.39 Å². The number of thiazole rings is 1. The number of aryl methyl sites for hydroxylation is 1. The van der Waals surface area contributed by atoms with Crippen molar-refractivity contribution in [2.24, 2.45) is 0 Å². The molecule has 0 bridgehead atoms. The van der Waals surface area contributed by atoms with Gasteiger partial charge in [-0.2, -0.15) is 0 Å². The van der Waals surface area contributed by atoms with Crippen molar-refractivity contribution in [3.8, 4) is 11.3 Å². The Morgan fingerprint density at radius 2 is 1.96 bits per heavy atom. The molecule has 0 saturated carbocycles. The Balaban J connectivity index is 1.83. The number of anilines is 2. The molecule has 7 heteroatoms. The van der Waals surface area contributed by atoms with E-state index in [4.69, 9.17) is 16.6 Å². The van der Waals surface area contributed by atoms with Crippen molar-refractivity contribution in [2.45, 2.75) is 6.92 Å². The largest absolute Gasteiger partial charge is 0.338 e. The van der Waals surface area contributed by atoms with E-state index in [-0.39, 0.29) is 0 Å². The molecule has 0 spiro atoms. The van der Waals surface area contributed by atoms with Crippen LogP contribution >= 0.6 is 22.9 Å². The van der Waals surface area contributed by atoms with Gasteiger partial charge >= 0.3 is 0 Å². The zero-order chi connectivity index (χ0) is 19.3. The van der Waals surface area contributed by atoms with Crippen LogP contribution in [0.25, 0.3) is 26.4 Å². The highest BCUT2D eigenvalue weighted by molar-refractivity contribution is 7.23. The molecule has 0 aliphatic heterocycles. The smallest absolute Gasteiger partial charge is 0.197 e. The lowest BCUT2D eigenvalue weighted by Crippen LogP contribution is -2.00. The second-order valence-corrected chi connectivity index (χ2v) is 7.83. The molecule has 4 nitrogen and oxygen atoms in total. The number of benzene rings is 2. The van der Waals surface area contributed by atoms with E-state index in [1.165, 1.54) is 6.20 Å². The molecular formula is C21H14ClFN4S. The Kier molecular flexibility index (Phi) is 4.03. The molecule has 0 amide bonds. The van der Waals surface area contributed by atoms with Crippen LogP contribution in [0.4, 0.5) is 15.9 Å². The van der Waals surface area contributed by atoms with Gasteiger partial charge in [-0.15, -0.1) is 0 Å². The van der Waals surface area contributed by atoms with E-state index in [0.717, 1.165) is 26.4 Å². The highest BCUT2D eigenvalue weighted by Crippen LogP contribution is 2.39. The highest BCUT2D eigenvalue weighted by Gasteiger charge is 2.21. The fourth-order valence-corrected chi connectivity index (χ4v) is 4.59. The minimum atomic E-state index is -0.420. The quantitative estimate of drug-likeness (QED) is 0.372. The van der Waals surface area contributed by atoms with Gasteiger partial charge in [0.2, 0.25) is 0 Å². The zero-order valence-electron chi connectivity index (χ0n) is 14.8. The van der Waals surface area contributed by atoms with Gasteiger partial charge in [0.15, 0.2) is 10.8 Å². The molecule has 0 aliphatic carbocycles. The molecule has 1 N–H and O–H groups in total. The predicted octanol–water partition coefficient (Wildman–Crippen LogP) is 6.46. The minimum absolute atomic E-state index is 0.391. The molecule has 138 valence electrons. The maximum atomic E-state index is 14.5. The number of imidazole rings is 1. The molecular weight excluding hydrogens is 395 g/mol. The number of hydrogen-bond acceptors (Lipinski definition) is 4. The second kappa shape index (κ2) is 6.58. The van der Waals surface area contributed by atoms with Gasteiger partial charge in [-0.25, -0.2) is 9.37 Å². The van der Waals surface area contributed by atoms with Gasteiger partial charge in [0.05, 0.1) is 27.1 Å². The average molecular weight is 409 g/mol. The van der Waals surface area contributed by atoms with Crippen molar-refractivity contribution in [1.82, 2.24) is 14.4 Å². The number of rotatable bonds is 3. The van der Waals surface area contributed by atoms with Crippen molar-refractivity contribution in [2.75, 3.05) is 5.32 Å². The van der Waals surface area contributed by atoms with Crippen LogP contribution in [0.3, 0.4) is 0 Å². The first kappa shape index (κ1) is 17.2. The normalized spacial score (nSPS) is 11.4. The SMILES string of the molecule is Cc1cccc(Cl)c1Nc1c(-c2ccncc2F)nc2sc3ccccc3n12.